The molecule has 2 aliphatic rings. The molecule has 0 heterocycles. The maximum Gasteiger partial charge on any atom is 0.0772 e. The molecule has 2 atom stereocenters. The van der Waals surface area contributed by atoms with Gasteiger partial charge in [0.25, 0.3) is 0 Å². The van der Waals surface area contributed by atoms with Crippen LogP contribution in [-0.2, 0) is 0 Å². The molecule has 2 saturated carbocycles. The summed E-state index contributed by atoms with van der Waals surface area (Å²) in [7, 11) is 0. The Kier molecular flexibility index (Phi) is 4.35. The molecule has 2 fully saturated rings. The summed E-state index contributed by atoms with van der Waals surface area (Å²) in [4.78, 5) is 0. The molecule has 0 aromatic heterocycles. The van der Waals surface area contributed by atoms with Crippen molar-refractivity contribution in [2.24, 2.45) is 11.1 Å². The van der Waals surface area contributed by atoms with E-state index in [-0.39, 0.29) is 0 Å². The van der Waals surface area contributed by atoms with E-state index in [9.17, 15) is 5.11 Å². The van der Waals surface area contributed by atoms with Crippen LogP contribution in [0.5, 0.6) is 0 Å². The number of hydrogen-bond donors (Lipinski definition) is 3. The van der Waals surface area contributed by atoms with E-state index >= 15 is 0 Å². The zero-order valence-corrected chi connectivity index (χ0v) is 12.0. The summed E-state index contributed by atoms with van der Waals surface area (Å²) in [5.41, 5.74) is 5.94. The molecule has 0 aliphatic heterocycles. The monoisotopic (exact) mass is 254 g/mol. The maximum absolute atomic E-state index is 10.6. The minimum absolute atomic E-state index is 0.358. The Bertz CT molecular complexity index is 268. The van der Waals surface area contributed by atoms with E-state index in [1.54, 1.807) is 0 Å². The van der Waals surface area contributed by atoms with Gasteiger partial charge in [0.15, 0.2) is 0 Å². The van der Waals surface area contributed by atoms with E-state index in [2.05, 4.69) is 19.2 Å². The van der Waals surface area contributed by atoms with Gasteiger partial charge in [-0.25, -0.2) is 0 Å². The predicted octanol–water partition coefficient (Wildman–Crippen LogP) is 2.18. The average molecular weight is 254 g/mol. The van der Waals surface area contributed by atoms with Crippen LogP contribution in [0, 0.1) is 5.41 Å². The van der Waals surface area contributed by atoms with Crippen LogP contribution in [0.2, 0.25) is 0 Å². The smallest absolute Gasteiger partial charge is 0.0772 e. The Hall–Kier alpha value is -0.120. The van der Waals surface area contributed by atoms with E-state index in [1.807, 2.05) is 0 Å². The van der Waals surface area contributed by atoms with Gasteiger partial charge in [-0.15, -0.1) is 0 Å². The van der Waals surface area contributed by atoms with Crippen molar-refractivity contribution in [2.45, 2.75) is 82.9 Å². The SMILES string of the molecule is CC1(C)CCC(O)(CNC2CCCC(N)C2)CC1. The summed E-state index contributed by atoms with van der Waals surface area (Å²) in [5, 5.41) is 14.2. The second-order valence-electron chi connectivity index (χ2n) is 7.39. The fourth-order valence-electron chi connectivity index (χ4n) is 3.32. The van der Waals surface area contributed by atoms with Crippen LogP contribution in [-0.4, -0.2) is 29.3 Å². The first-order valence-corrected chi connectivity index (χ1v) is 7.60. The van der Waals surface area contributed by atoms with Crippen molar-refractivity contribution in [1.29, 1.82) is 0 Å². The van der Waals surface area contributed by atoms with Crippen molar-refractivity contribution in [3.8, 4) is 0 Å². The van der Waals surface area contributed by atoms with Gasteiger partial charge >= 0.3 is 0 Å². The second kappa shape index (κ2) is 5.48. The van der Waals surface area contributed by atoms with E-state index < -0.39 is 5.60 Å². The highest BCUT2D eigenvalue weighted by Gasteiger charge is 2.36. The lowest BCUT2D eigenvalue weighted by atomic mass is 9.71. The molecular formula is C15H30N2O. The lowest BCUT2D eigenvalue weighted by Crippen LogP contribution is -2.49. The zero-order valence-electron chi connectivity index (χ0n) is 12.0. The second-order valence-corrected chi connectivity index (χ2v) is 7.39. The third-order valence-corrected chi connectivity index (χ3v) is 4.97. The van der Waals surface area contributed by atoms with Gasteiger partial charge in [0.05, 0.1) is 5.60 Å². The minimum atomic E-state index is -0.475. The highest BCUT2D eigenvalue weighted by molar-refractivity contribution is 4.92. The number of nitrogens with two attached hydrogens (primary N) is 1. The van der Waals surface area contributed by atoms with Crippen LogP contribution in [0.4, 0.5) is 0 Å². The molecule has 4 N–H and O–H groups in total. The van der Waals surface area contributed by atoms with Crippen LogP contribution in [0.3, 0.4) is 0 Å². The fraction of sp³-hybridized carbons (Fsp3) is 1.00. The Balaban J connectivity index is 1.76. The van der Waals surface area contributed by atoms with Crippen molar-refractivity contribution < 1.29 is 5.11 Å². The van der Waals surface area contributed by atoms with Gasteiger partial charge in [0.2, 0.25) is 0 Å². The number of nitrogens with one attached hydrogen (secondary N) is 1. The van der Waals surface area contributed by atoms with Crippen molar-refractivity contribution in [3.05, 3.63) is 0 Å². The van der Waals surface area contributed by atoms with Gasteiger partial charge in [0.1, 0.15) is 0 Å². The van der Waals surface area contributed by atoms with Crippen molar-refractivity contribution in [2.75, 3.05) is 6.54 Å². The van der Waals surface area contributed by atoms with Gasteiger partial charge in [-0.3, -0.25) is 0 Å². The highest BCUT2D eigenvalue weighted by atomic mass is 16.3. The summed E-state index contributed by atoms with van der Waals surface area (Å²) < 4.78 is 0. The summed E-state index contributed by atoms with van der Waals surface area (Å²) in [6.45, 7) is 5.36. The van der Waals surface area contributed by atoms with E-state index in [1.165, 1.54) is 12.8 Å². The Morgan fingerprint density at radius 3 is 2.44 bits per heavy atom. The predicted molar refractivity (Wildman–Crippen MR) is 75.4 cm³/mol. The first-order chi connectivity index (χ1) is 8.39. The number of aliphatic hydroxyl groups is 1. The quantitative estimate of drug-likeness (QED) is 0.723. The van der Waals surface area contributed by atoms with Gasteiger partial charge in [0, 0.05) is 18.6 Å². The van der Waals surface area contributed by atoms with Crippen molar-refractivity contribution in [3.63, 3.8) is 0 Å². The molecule has 18 heavy (non-hydrogen) atoms. The lowest BCUT2D eigenvalue weighted by molar-refractivity contribution is -0.0268. The first-order valence-electron chi connectivity index (χ1n) is 7.60. The van der Waals surface area contributed by atoms with Gasteiger partial charge < -0.3 is 16.2 Å². The molecule has 0 aromatic carbocycles. The summed E-state index contributed by atoms with van der Waals surface area (Å²) >= 11 is 0. The Morgan fingerprint density at radius 1 is 1.17 bits per heavy atom. The van der Waals surface area contributed by atoms with Crippen molar-refractivity contribution in [1.82, 2.24) is 5.32 Å². The van der Waals surface area contributed by atoms with Crippen LogP contribution in [0.25, 0.3) is 0 Å². The number of rotatable bonds is 3. The third-order valence-electron chi connectivity index (χ3n) is 4.97. The van der Waals surface area contributed by atoms with E-state index in [0.29, 0.717) is 17.5 Å². The molecule has 2 aliphatic carbocycles. The lowest BCUT2D eigenvalue weighted by Gasteiger charge is -2.41. The molecule has 106 valence electrons. The van der Waals surface area contributed by atoms with E-state index in [4.69, 9.17) is 5.73 Å². The Labute approximate surface area is 112 Å². The summed E-state index contributed by atoms with van der Waals surface area (Å²) in [6.07, 6.45) is 8.82. The maximum atomic E-state index is 10.6. The molecule has 0 saturated heterocycles. The molecule has 2 unspecified atom stereocenters. The molecule has 0 amide bonds. The van der Waals surface area contributed by atoms with Crippen LogP contribution in [0.15, 0.2) is 0 Å². The summed E-state index contributed by atoms with van der Waals surface area (Å²) in [5.74, 6) is 0. The topological polar surface area (TPSA) is 58.3 Å². The third kappa shape index (κ3) is 3.94. The van der Waals surface area contributed by atoms with Crippen LogP contribution >= 0.6 is 0 Å². The molecule has 0 radical (unpaired) electrons. The fourth-order valence-corrected chi connectivity index (χ4v) is 3.32. The van der Waals surface area contributed by atoms with Crippen LogP contribution in [0.1, 0.15) is 65.2 Å². The molecule has 0 aromatic rings. The molecule has 0 spiro atoms. The van der Waals surface area contributed by atoms with Crippen LogP contribution < -0.4 is 11.1 Å². The Morgan fingerprint density at radius 2 is 1.83 bits per heavy atom. The first kappa shape index (κ1) is 14.3. The average Bonchev–Trinajstić information content (AvgIpc) is 2.32. The van der Waals surface area contributed by atoms with E-state index in [0.717, 1.165) is 45.1 Å². The normalized spacial score (nSPS) is 35.3. The largest absolute Gasteiger partial charge is 0.389 e. The molecule has 3 nitrogen and oxygen atoms in total. The molecule has 0 bridgehead atoms. The number of hydrogen-bond acceptors (Lipinski definition) is 3. The standard InChI is InChI=1S/C15H30N2O/c1-14(2)6-8-15(18,9-7-14)11-17-13-5-3-4-12(16)10-13/h12-13,17-18H,3-11,16H2,1-2H3. The van der Waals surface area contributed by atoms with Gasteiger partial charge in [-0.2, -0.15) is 0 Å². The minimum Gasteiger partial charge on any atom is -0.389 e. The van der Waals surface area contributed by atoms with Crippen molar-refractivity contribution >= 4 is 0 Å². The molecule has 3 heteroatoms. The zero-order chi connectivity index (χ0) is 13.2. The van der Waals surface area contributed by atoms with Gasteiger partial charge in [-0.1, -0.05) is 20.3 Å². The molecule has 2 rings (SSSR count). The highest BCUT2D eigenvalue weighted by Crippen LogP contribution is 2.39. The van der Waals surface area contributed by atoms with Gasteiger partial charge in [-0.05, 0) is 50.4 Å². The summed E-state index contributed by atoms with van der Waals surface area (Å²) in [6, 6.07) is 0.879. The molecular weight excluding hydrogens is 224 g/mol.